The summed E-state index contributed by atoms with van der Waals surface area (Å²) in [6.07, 6.45) is 0. The number of halogens is 2. The van der Waals surface area contributed by atoms with Gasteiger partial charge in [0.25, 0.3) is 0 Å². The summed E-state index contributed by atoms with van der Waals surface area (Å²) in [6.45, 7) is 4.42. The van der Waals surface area contributed by atoms with E-state index in [2.05, 4.69) is 19.2 Å². The van der Waals surface area contributed by atoms with Gasteiger partial charge >= 0.3 is 0 Å². The van der Waals surface area contributed by atoms with Crippen molar-refractivity contribution in [2.75, 3.05) is 12.8 Å². The second kappa shape index (κ2) is 6.75. The monoisotopic (exact) mass is 277 g/mol. The lowest BCUT2D eigenvalue weighted by atomic mass is 10.1. The van der Waals surface area contributed by atoms with Gasteiger partial charge in [0.15, 0.2) is 0 Å². The summed E-state index contributed by atoms with van der Waals surface area (Å²) in [4.78, 5) is 1.05. The normalized spacial score (nSPS) is 13.1. The predicted octanol–water partition coefficient (Wildman–Crippen LogP) is 4.33. The zero-order valence-corrected chi connectivity index (χ0v) is 12.1. The number of hydrogen-bond acceptors (Lipinski definition) is 2. The van der Waals surface area contributed by atoms with Crippen LogP contribution in [0.2, 0.25) is 10.0 Å². The minimum atomic E-state index is 0.486. The Morgan fingerprint density at radius 2 is 2.00 bits per heavy atom. The molecule has 0 aliphatic heterocycles. The van der Waals surface area contributed by atoms with Crippen molar-refractivity contribution in [1.82, 2.24) is 5.32 Å². The number of hydrogen-bond donors (Lipinski definition) is 1. The minimum absolute atomic E-state index is 0.486. The highest BCUT2D eigenvalue weighted by Gasteiger charge is 2.12. The van der Waals surface area contributed by atoms with Crippen LogP contribution in [0, 0.1) is 5.92 Å². The first-order valence-corrected chi connectivity index (χ1v) is 7.04. The molecule has 1 nitrogen and oxygen atoms in total. The lowest BCUT2D eigenvalue weighted by molar-refractivity contribution is 0.465. The quantitative estimate of drug-likeness (QED) is 0.804. The van der Waals surface area contributed by atoms with E-state index in [0.717, 1.165) is 20.7 Å². The molecule has 1 N–H and O–H groups in total. The standard InChI is InChI=1S/C12H17Cl2NS/c1-8(2)11(15-3)7-16-12-6-9(13)4-5-10(12)14/h4-6,8,11,15H,7H2,1-3H3. The molecular formula is C12H17Cl2NS. The van der Waals surface area contributed by atoms with Crippen LogP contribution < -0.4 is 5.32 Å². The third-order valence-electron chi connectivity index (χ3n) is 2.49. The third-order valence-corrected chi connectivity index (χ3v) is 4.34. The fourth-order valence-corrected chi connectivity index (χ4v) is 3.22. The summed E-state index contributed by atoms with van der Waals surface area (Å²) in [6, 6.07) is 6.06. The number of nitrogens with one attached hydrogen (secondary N) is 1. The first-order chi connectivity index (χ1) is 7.54. The van der Waals surface area contributed by atoms with Crippen LogP contribution in [0.5, 0.6) is 0 Å². The lowest BCUT2D eigenvalue weighted by Gasteiger charge is -2.19. The Balaban J connectivity index is 2.63. The lowest BCUT2D eigenvalue weighted by Crippen LogP contribution is -2.32. The number of rotatable bonds is 5. The van der Waals surface area contributed by atoms with Gasteiger partial charge in [-0.05, 0) is 31.2 Å². The number of benzene rings is 1. The summed E-state index contributed by atoms with van der Waals surface area (Å²) in [5.74, 6) is 1.60. The first-order valence-electron chi connectivity index (χ1n) is 5.29. The van der Waals surface area contributed by atoms with Gasteiger partial charge in [-0.2, -0.15) is 0 Å². The maximum atomic E-state index is 6.10. The highest BCUT2D eigenvalue weighted by atomic mass is 35.5. The van der Waals surface area contributed by atoms with Crippen molar-refractivity contribution in [1.29, 1.82) is 0 Å². The van der Waals surface area contributed by atoms with Gasteiger partial charge in [-0.3, -0.25) is 0 Å². The SMILES string of the molecule is CNC(CSc1cc(Cl)ccc1Cl)C(C)C. The fraction of sp³-hybridized carbons (Fsp3) is 0.500. The van der Waals surface area contributed by atoms with Crippen LogP contribution in [-0.2, 0) is 0 Å². The molecule has 0 aliphatic carbocycles. The van der Waals surface area contributed by atoms with Gasteiger partial charge in [-0.15, -0.1) is 11.8 Å². The molecule has 1 rings (SSSR count). The van der Waals surface area contributed by atoms with E-state index in [1.165, 1.54) is 0 Å². The van der Waals surface area contributed by atoms with Crippen molar-refractivity contribution in [2.45, 2.75) is 24.8 Å². The number of thioether (sulfide) groups is 1. The van der Waals surface area contributed by atoms with Crippen LogP contribution in [0.3, 0.4) is 0 Å². The molecule has 0 aliphatic rings. The molecule has 0 saturated heterocycles. The Bertz CT molecular complexity index is 342. The summed E-state index contributed by atoms with van der Waals surface area (Å²) in [7, 11) is 1.99. The van der Waals surface area contributed by atoms with Crippen LogP contribution in [0.1, 0.15) is 13.8 Å². The Morgan fingerprint density at radius 1 is 1.31 bits per heavy atom. The Morgan fingerprint density at radius 3 is 2.56 bits per heavy atom. The first kappa shape index (κ1) is 14.2. The molecule has 1 aromatic rings. The van der Waals surface area contributed by atoms with Gasteiger partial charge in [-0.1, -0.05) is 37.0 Å². The molecular weight excluding hydrogens is 261 g/mol. The molecule has 0 heterocycles. The molecule has 0 spiro atoms. The molecule has 0 aromatic heterocycles. The smallest absolute Gasteiger partial charge is 0.0542 e. The van der Waals surface area contributed by atoms with Crippen molar-refractivity contribution in [3.8, 4) is 0 Å². The molecule has 1 aromatic carbocycles. The Labute approximate surface area is 112 Å². The van der Waals surface area contributed by atoms with Crippen molar-refractivity contribution in [2.24, 2.45) is 5.92 Å². The van der Waals surface area contributed by atoms with Gasteiger partial charge in [0.2, 0.25) is 0 Å². The molecule has 0 fully saturated rings. The molecule has 0 amide bonds. The molecule has 16 heavy (non-hydrogen) atoms. The van der Waals surface area contributed by atoms with Gasteiger partial charge in [0, 0.05) is 21.7 Å². The van der Waals surface area contributed by atoms with Gasteiger partial charge < -0.3 is 5.32 Å². The van der Waals surface area contributed by atoms with Crippen LogP contribution >= 0.6 is 35.0 Å². The van der Waals surface area contributed by atoms with Crippen LogP contribution in [-0.4, -0.2) is 18.8 Å². The van der Waals surface area contributed by atoms with E-state index in [1.807, 2.05) is 25.2 Å². The summed E-state index contributed by atoms with van der Waals surface area (Å²) in [5.41, 5.74) is 0. The highest BCUT2D eigenvalue weighted by Crippen LogP contribution is 2.30. The maximum absolute atomic E-state index is 6.10. The van der Waals surface area contributed by atoms with Crippen molar-refractivity contribution in [3.63, 3.8) is 0 Å². The summed E-state index contributed by atoms with van der Waals surface area (Å²) < 4.78 is 0. The van der Waals surface area contributed by atoms with Crippen LogP contribution in [0.4, 0.5) is 0 Å². The van der Waals surface area contributed by atoms with Gasteiger partial charge in [-0.25, -0.2) is 0 Å². The molecule has 1 atom stereocenters. The van der Waals surface area contributed by atoms with Gasteiger partial charge in [0.1, 0.15) is 0 Å². The average molecular weight is 278 g/mol. The van der Waals surface area contributed by atoms with E-state index < -0.39 is 0 Å². The third kappa shape index (κ3) is 4.17. The molecule has 0 radical (unpaired) electrons. The average Bonchev–Trinajstić information content (AvgIpc) is 2.23. The molecule has 90 valence electrons. The minimum Gasteiger partial charge on any atom is -0.316 e. The summed E-state index contributed by atoms with van der Waals surface area (Å²) >= 11 is 13.8. The van der Waals surface area contributed by atoms with Crippen molar-refractivity contribution < 1.29 is 0 Å². The largest absolute Gasteiger partial charge is 0.316 e. The maximum Gasteiger partial charge on any atom is 0.0542 e. The zero-order valence-electron chi connectivity index (χ0n) is 9.76. The Kier molecular flexibility index (Phi) is 5.98. The van der Waals surface area contributed by atoms with Crippen molar-refractivity contribution >= 4 is 35.0 Å². The second-order valence-electron chi connectivity index (χ2n) is 4.02. The zero-order chi connectivity index (χ0) is 12.1. The molecule has 0 bridgehead atoms. The molecule has 4 heteroatoms. The van der Waals surface area contributed by atoms with Crippen LogP contribution in [0.15, 0.2) is 23.1 Å². The van der Waals surface area contributed by atoms with E-state index in [-0.39, 0.29) is 0 Å². The molecule has 0 saturated carbocycles. The van der Waals surface area contributed by atoms with Crippen molar-refractivity contribution in [3.05, 3.63) is 28.2 Å². The Hall–Kier alpha value is 0.110. The second-order valence-corrected chi connectivity index (χ2v) is 5.93. The van der Waals surface area contributed by atoms with E-state index in [9.17, 15) is 0 Å². The topological polar surface area (TPSA) is 12.0 Å². The summed E-state index contributed by atoms with van der Waals surface area (Å²) in [5, 5.41) is 4.81. The molecule has 1 unspecified atom stereocenters. The van der Waals surface area contributed by atoms with Crippen LogP contribution in [0.25, 0.3) is 0 Å². The van der Waals surface area contributed by atoms with E-state index in [0.29, 0.717) is 12.0 Å². The van der Waals surface area contributed by atoms with Gasteiger partial charge in [0.05, 0.1) is 5.02 Å². The van der Waals surface area contributed by atoms with E-state index in [4.69, 9.17) is 23.2 Å². The highest BCUT2D eigenvalue weighted by molar-refractivity contribution is 7.99. The van der Waals surface area contributed by atoms with E-state index >= 15 is 0 Å². The predicted molar refractivity (Wildman–Crippen MR) is 74.9 cm³/mol. The van der Waals surface area contributed by atoms with E-state index in [1.54, 1.807) is 11.8 Å². The fourth-order valence-electron chi connectivity index (χ4n) is 1.38.